The van der Waals surface area contributed by atoms with Crippen LogP contribution in [0.2, 0.25) is 0 Å². The fourth-order valence-electron chi connectivity index (χ4n) is 0.678. The summed E-state index contributed by atoms with van der Waals surface area (Å²) in [7, 11) is 0. The maximum Gasteiger partial charge on any atom is 1.00 e. The average Bonchev–Trinajstić information content (AvgIpc) is 2.04. The summed E-state index contributed by atoms with van der Waals surface area (Å²) in [6.07, 6.45) is 0. The normalized spacial score (nSPS) is 7.09. The molecule has 0 heterocycles. The Kier molecular flexibility index (Phi) is 4.00. The standard InChI is InChI=1S/C8H4N2.Cu/c9-5-7-3-1-2-4-8(7)6-10;/h1-4H;/q;+1. The van der Waals surface area contributed by atoms with E-state index in [4.69, 9.17) is 10.5 Å². The van der Waals surface area contributed by atoms with Crippen molar-refractivity contribution in [3.8, 4) is 12.1 Å². The van der Waals surface area contributed by atoms with Crippen molar-refractivity contribution in [2.24, 2.45) is 0 Å². The van der Waals surface area contributed by atoms with Gasteiger partial charge in [0.25, 0.3) is 0 Å². The largest absolute Gasteiger partial charge is 1.00 e. The number of rotatable bonds is 0. The molecule has 2 nitrogen and oxygen atoms in total. The number of nitrogens with zero attached hydrogens (tertiary/aromatic N) is 2. The molecule has 0 saturated heterocycles. The average molecular weight is 192 g/mol. The summed E-state index contributed by atoms with van der Waals surface area (Å²) >= 11 is 0. The zero-order chi connectivity index (χ0) is 7.40. The second-order valence-electron chi connectivity index (χ2n) is 1.77. The summed E-state index contributed by atoms with van der Waals surface area (Å²) in [5.41, 5.74) is 0.870. The summed E-state index contributed by atoms with van der Waals surface area (Å²) in [4.78, 5) is 0. The van der Waals surface area contributed by atoms with Gasteiger partial charge in [0.15, 0.2) is 0 Å². The van der Waals surface area contributed by atoms with Crippen molar-refractivity contribution < 1.29 is 17.1 Å². The molecule has 1 aromatic rings. The Labute approximate surface area is 75.5 Å². The van der Waals surface area contributed by atoms with E-state index >= 15 is 0 Å². The predicted octanol–water partition coefficient (Wildman–Crippen LogP) is 1.43. The van der Waals surface area contributed by atoms with Gasteiger partial charge in [-0.25, -0.2) is 0 Å². The van der Waals surface area contributed by atoms with Gasteiger partial charge in [-0.15, -0.1) is 0 Å². The Morgan fingerprint density at radius 1 is 0.909 bits per heavy atom. The van der Waals surface area contributed by atoms with Crippen molar-refractivity contribution in [3.05, 3.63) is 35.4 Å². The molecule has 0 aromatic heterocycles. The van der Waals surface area contributed by atoms with Gasteiger partial charge in [-0.1, -0.05) is 12.1 Å². The number of hydrogen-bond donors (Lipinski definition) is 0. The first-order valence-electron chi connectivity index (χ1n) is 2.77. The first kappa shape index (κ1) is 9.72. The van der Waals surface area contributed by atoms with E-state index < -0.39 is 0 Å². The van der Waals surface area contributed by atoms with Crippen molar-refractivity contribution >= 4 is 0 Å². The van der Waals surface area contributed by atoms with Crippen LogP contribution in [0.25, 0.3) is 0 Å². The van der Waals surface area contributed by atoms with E-state index in [9.17, 15) is 0 Å². The minimum absolute atomic E-state index is 0. The van der Waals surface area contributed by atoms with Crippen molar-refractivity contribution in [3.63, 3.8) is 0 Å². The van der Waals surface area contributed by atoms with Crippen molar-refractivity contribution in [2.45, 2.75) is 0 Å². The molecule has 11 heavy (non-hydrogen) atoms. The third kappa shape index (κ3) is 2.09. The molecule has 0 unspecified atom stereocenters. The van der Waals surface area contributed by atoms with Crippen LogP contribution in [0.5, 0.6) is 0 Å². The first-order chi connectivity index (χ1) is 4.88. The molecule has 0 aliphatic heterocycles. The summed E-state index contributed by atoms with van der Waals surface area (Å²) in [6.45, 7) is 0. The number of benzene rings is 1. The number of nitriles is 2. The van der Waals surface area contributed by atoms with Crippen molar-refractivity contribution in [1.29, 1.82) is 10.5 Å². The van der Waals surface area contributed by atoms with E-state index in [1.54, 1.807) is 24.3 Å². The van der Waals surface area contributed by atoms with Crippen molar-refractivity contribution in [1.82, 2.24) is 0 Å². The van der Waals surface area contributed by atoms with Crippen LogP contribution in [0.4, 0.5) is 0 Å². The van der Waals surface area contributed by atoms with Gasteiger partial charge in [0.1, 0.15) is 12.1 Å². The molecule has 0 saturated carbocycles. The minimum atomic E-state index is 0. The van der Waals surface area contributed by atoms with Gasteiger partial charge >= 0.3 is 17.1 Å². The van der Waals surface area contributed by atoms with Gasteiger partial charge in [-0.3, -0.25) is 0 Å². The summed E-state index contributed by atoms with van der Waals surface area (Å²) < 4.78 is 0. The van der Waals surface area contributed by atoms with E-state index in [1.807, 2.05) is 12.1 Å². The van der Waals surface area contributed by atoms with Gasteiger partial charge in [-0.2, -0.15) is 10.5 Å². The van der Waals surface area contributed by atoms with Crippen LogP contribution in [-0.4, -0.2) is 0 Å². The Morgan fingerprint density at radius 3 is 1.55 bits per heavy atom. The molecule has 1 rings (SSSR count). The molecule has 0 amide bonds. The van der Waals surface area contributed by atoms with E-state index in [0.29, 0.717) is 11.1 Å². The Bertz CT molecular complexity index is 287. The molecule has 0 fully saturated rings. The van der Waals surface area contributed by atoms with Gasteiger partial charge in [0.2, 0.25) is 0 Å². The van der Waals surface area contributed by atoms with Crippen LogP contribution in [0, 0.1) is 22.7 Å². The third-order valence-corrected chi connectivity index (χ3v) is 1.17. The fraction of sp³-hybridized carbons (Fsp3) is 0. The van der Waals surface area contributed by atoms with Crippen LogP contribution in [0.1, 0.15) is 11.1 Å². The van der Waals surface area contributed by atoms with E-state index in [0.717, 1.165) is 0 Å². The van der Waals surface area contributed by atoms with E-state index in [2.05, 4.69) is 0 Å². The second-order valence-corrected chi connectivity index (χ2v) is 1.77. The van der Waals surface area contributed by atoms with E-state index in [1.165, 1.54) is 0 Å². The maximum absolute atomic E-state index is 8.45. The SMILES string of the molecule is N#Cc1ccccc1C#N.[Cu+]. The minimum Gasteiger partial charge on any atom is -0.192 e. The zero-order valence-corrected chi connectivity index (χ0v) is 6.45. The van der Waals surface area contributed by atoms with Gasteiger partial charge in [-0.05, 0) is 12.1 Å². The van der Waals surface area contributed by atoms with Crippen LogP contribution in [0.3, 0.4) is 0 Å². The molecule has 0 spiro atoms. The summed E-state index contributed by atoms with van der Waals surface area (Å²) in [5.74, 6) is 0. The molecule has 56 valence electrons. The topological polar surface area (TPSA) is 47.6 Å². The molecule has 0 bridgehead atoms. The Morgan fingerprint density at radius 2 is 1.27 bits per heavy atom. The molecule has 3 heteroatoms. The van der Waals surface area contributed by atoms with Crippen LogP contribution < -0.4 is 0 Å². The van der Waals surface area contributed by atoms with Crippen molar-refractivity contribution in [2.75, 3.05) is 0 Å². The second kappa shape index (κ2) is 4.52. The van der Waals surface area contributed by atoms with Gasteiger partial charge in [0.05, 0.1) is 11.1 Å². The predicted molar refractivity (Wildman–Crippen MR) is 35.9 cm³/mol. The van der Waals surface area contributed by atoms with E-state index in [-0.39, 0.29) is 17.1 Å². The molecule has 0 atom stereocenters. The fourth-order valence-corrected chi connectivity index (χ4v) is 0.678. The molecular formula is C8H4CuN2+. The van der Waals surface area contributed by atoms with Gasteiger partial charge in [0, 0.05) is 0 Å². The molecule has 0 aliphatic carbocycles. The number of hydrogen-bond acceptors (Lipinski definition) is 2. The van der Waals surface area contributed by atoms with Crippen LogP contribution in [-0.2, 0) is 17.1 Å². The first-order valence-corrected chi connectivity index (χ1v) is 2.77. The maximum atomic E-state index is 8.45. The third-order valence-electron chi connectivity index (χ3n) is 1.17. The van der Waals surface area contributed by atoms with Crippen LogP contribution >= 0.6 is 0 Å². The molecule has 1 aromatic carbocycles. The van der Waals surface area contributed by atoms with Crippen LogP contribution in [0.15, 0.2) is 24.3 Å². The summed E-state index contributed by atoms with van der Waals surface area (Å²) in [6, 6.07) is 10.6. The molecule has 0 radical (unpaired) electrons. The molecule has 0 aliphatic rings. The quantitative estimate of drug-likeness (QED) is 0.583. The Balaban J connectivity index is 0.000001000. The summed E-state index contributed by atoms with van der Waals surface area (Å²) in [5, 5.41) is 16.9. The smallest absolute Gasteiger partial charge is 0.192 e. The van der Waals surface area contributed by atoms with Gasteiger partial charge < -0.3 is 0 Å². The molecule has 0 N–H and O–H groups in total. The Hall–Kier alpha value is -1.28. The molecular weight excluding hydrogens is 188 g/mol. The zero-order valence-electron chi connectivity index (χ0n) is 5.51. The monoisotopic (exact) mass is 191 g/mol.